The minimum absolute atomic E-state index is 0.486. The fourth-order valence-corrected chi connectivity index (χ4v) is 2.50. The number of ether oxygens (including phenoxy) is 1. The van der Waals surface area contributed by atoms with E-state index in [1.54, 1.807) is 0 Å². The van der Waals surface area contributed by atoms with Gasteiger partial charge in [0.1, 0.15) is 11.5 Å². The lowest BCUT2D eigenvalue weighted by Gasteiger charge is -2.13. The topological polar surface area (TPSA) is 21.3 Å². The summed E-state index contributed by atoms with van der Waals surface area (Å²) < 4.78 is 6.00. The molecule has 0 spiro atoms. The van der Waals surface area contributed by atoms with E-state index in [1.807, 2.05) is 38.1 Å². The summed E-state index contributed by atoms with van der Waals surface area (Å²) in [5, 5.41) is 4.14. The van der Waals surface area contributed by atoms with Crippen molar-refractivity contribution >= 4 is 11.6 Å². The molecule has 0 heterocycles. The largest absolute Gasteiger partial charge is 0.457 e. The Morgan fingerprint density at radius 1 is 1.05 bits per heavy atom. The third-order valence-corrected chi connectivity index (χ3v) is 3.50. The van der Waals surface area contributed by atoms with E-state index in [1.165, 1.54) is 5.56 Å². The second-order valence-corrected chi connectivity index (χ2v) is 6.09. The molecule has 0 aromatic heterocycles. The second-order valence-electron chi connectivity index (χ2n) is 5.65. The zero-order chi connectivity index (χ0) is 15.4. The molecule has 3 heteroatoms. The Balaban J connectivity index is 2.10. The first-order chi connectivity index (χ1) is 9.95. The van der Waals surface area contributed by atoms with Gasteiger partial charge in [-0.3, -0.25) is 0 Å². The molecule has 0 fully saturated rings. The molecule has 1 N–H and O–H groups in total. The van der Waals surface area contributed by atoms with Crippen molar-refractivity contribution in [3.8, 4) is 11.5 Å². The van der Waals surface area contributed by atoms with Crippen LogP contribution in [0.4, 0.5) is 0 Å². The third kappa shape index (κ3) is 4.48. The van der Waals surface area contributed by atoms with E-state index in [0.29, 0.717) is 6.04 Å². The third-order valence-electron chi connectivity index (χ3n) is 3.28. The molecule has 0 saturated carbocycles. The molecule has 0 aliphatic rings. The lowest BCUT2D eigenvalue weighted by molar-refractivity contribution is 0.474. The van der Waals surface area contributed by atoms with Crippen molar-refractivity contribution in [2.75, 3.05) is 0 Å². The number of halogens is 1. The minimum atomic E-state index is 0.486. The molecule has 0 bridgehead atoms. The number of aryl methyl sites for hydroxylation is 2. The maximum atomic E-state index is 6.04. The van der Waals surface area contributed by atoms with Gasteiger partial charge in [-0.1, -0.05) is 37.6 Å². The van der Waals surface area contributed by atoms with Gasteiger partial charge in [0, 0.05) is 17.6 Å². The molecular weight excluding hydrogens is 282 g/mol. The Kier molecular flexibility index (Phi) is 5.27. The molecule has 0 amide bonds. The second kappa shape index (κ2) is 6.97. The summed E-state index contributed by atoms with van der Waals surface area (Å²) in [5.41, 5.74) is 3.34. The molecule has 2 aromatic rings. The van der Waals surface area contributed by atoms with Crippen molar-refractivity contribution in [3.05, 3.63) is 58.1 Å². The fraction of sp³-hybridized carbons (Fsp3) is 0.333. The molecule has 0 radical (unpaired) electrons. The van der Waals surface area contributed by atoms with Crippen LogP contribution in [0.5, 0.6) is 11.5 Å². The summed E-state index contributed by atoms with van der Waals surface area (Å²) in [6.45, 7) is 9.17. The normalized spacial score (nSPS) is 11.0. The first-order valence-electron chi connectivity index (χ1n) is 7.22. The molecule has 0 aliphatic heterocycles. The zero-order valence-electron chi connectivity index (χ0n) is 13.0. The number of hydrogen-bond donors (Lipinski definition) is 1. The Morgan fingerprint density at radius 3 is 2.14 bits per heavy atom. The van der Waals surface area contributed by atoms with Gasteiger partial charge in [0.15, 0.2) is 0 Å². The highest BCUT2D eigenvalue weighted by molar-refractivity contribution is 6.30. The Bertz CT molecular complexity index is 582. The fourth-order valence-electron chi connectivity index (χ4n) is 2.17. The predicted molar refractivity (Wildman–Crippen MR) is 89.4 cm³/mol. The van der Waals surface area contributed by atoms with Crippen LogP contribution in [0.25, 0.3) is 0 Å². The lowest BCUT2D eigenvalue weighted by atomic mass is 10.1. The van der Waals surface area contributed by atoms with Crippen molar-refractivity contribution in [1.82, 2.24) is 5.32 Å². The molecule has 0 unspecified atom stereocenters. The van der Waals surface area contributed by atoms with Crippen molar-refractivity contribution in [1.29, 1.82) is 0 Å². The Hall–Kier alpha value is -1.51. The van der Waals surface area contributed by atoms with Gasteiger partial charge in [-0.25, -0.2) is 0 Å². The molecular formula is C18H22ClNO. The number of nitrogens with one attached hydrogen (secondary N) is 1. The SMILES string of the molecule is Cc1cc(Cl)cc(C)c1Oc1ccc(CNC(C)C)cc1. The van der Waals surface area contributed by atoms with Crippen LogP contribution < -0.4 is 10.1 Å². The average Bonchev–Trinajstić information content (AvgIpc) is 2.41. The van der Waals surface area contributed by atoms with Gasteiger partial charge in [-0.05, 0) is 54.8 Å². The monoisotopic (exact) mass is 303 g/mol. The smallest absolute Gasteiger partial charge is 0.133 e. The van der Waals surface area contributed by atoms with Crippen LogP contribution in [0, 0.1) is 13.8 Å². The first kappa shape index (κ1) is 15.9. The Morgan fingerprint density at radius 2 is 1.62 bits per heavy atom. The van der Waals surface area contributed by atoms with Crippen LogP contribution in [0.2, 0.25) is 5.02 Å². The highest BCUT2D eigenvalue weighted by atomic mass is 35.5. The standard InChI is InChI=1S/C18H22ClNO/c1-12(2)20-11-15-5-7-17(8-6-15)21-18-13(3)9-16(19)10-14(18)4/h5-10,12,20H,11H2,1-4H3. The first-order valence-corrected chi connectivity index (χ1v) is 7.60. The molecule has 0 atom stereocenters. The van der Waals surface area contributed by atoms with Crippen LogP contribution in [0.15, 0.2) is 36.4 Å². The molecule has 0 aliphatic carbocycles. The highest BCUT2D eigenvalue weighted by Gasteiger charge is 2.07. The number of benzene rings is 2. The van der Waals surface area contributed by atoms with Crippen molar-refractivity contribution in [3.63, 3.8) is 0 Å². The summed E-state index contributed by atoms with van der Waals surface area (Å²) in [5.74, 6) is 1.73. The number of rotatable bonds is 5. The van der Waals surface area contributed by atoms with Crippen LogP contribution in [-0.2, 0) is 6.54 Å². The van der Waals surface area contributed by atoms with Crippen LogP contribution in [0.1, 0.15) is 30.5 Å². The minimum Gasteiger partial charge on any atom is -0.457 e. The summed E-state index contributed by atoms with van der Waals surface area (Å²) >= 11 is 6.04. The van der Waals surface area contributed by atoms with E-state index in [2.05, 4.69) is 31.3 Å². The van der Waals surface area contributed by atoms with Gasteiger partial charge >= 0.3 is 0 Å². The highest BCUT2D eigenvalue weighted by Crippen LogP contribution is 2.31. The van der Waals surface area contributed by atoms with Gasteiger partial charge in [0.25, 0.3) is 0 Å². The quantitative estimate of drug-likeness (QED) is 0.815. The van der Waals surface area contributed by atoms with Crippen LogP contribution >= 0.6 is 11.6 Å². The van der Waals surface area contributed by atoms with E-state index < -0.39 is 0 Å². The molecule has 21 heavy (non-hydrogen) atoms. The van der Waals surface area contributed by atoms with E-state index >= 15 is 0 Å². The predicted octanol–water partition coefficient (Wildman–Crippen LogP) is 5.25. The molecule has 112 valence electrons. The molecule has 2 rings (SSSR count). The molecule has 0 saturated heterocycles. The van der Waals surface area contributed by atoms with Crippen molar-refractivity contribution in [2.45, 2.75) is 40.3 Å². The molecule has 2 nitrogen and oxygen atoms in total. The van der Waals surface area contributed by atoms with Gasteiger partial charge in [-0.2, -0.15) is 0 Å². The van der Waals surface area contributed by atoms with Crippen molar-refractivity contribution in [2.24, 2.45) is 0 Å². The van der Waals surface area contributed by atoms with E-state index in [9.17, 15) is 0 Å². The van der Waals surface area contributed by atoms with Gasteiger partial charge in [0.2, 0.25) is 0 Å². The Labute approximate surface area is 132 Å². The van der Waals surface area contributed by atoms with E-state index in [-0.39, 0.29) is 0 Å². The van der Waals surface area contributed by atoms with Crippen LogP contribution in [0.3, 0.4) is 0 Å². The summed E-state index contributed by atoms with van der Waals surface area (Å²) in [4.78, 5) is 0. The van der Waals surface area contributed by atoms with Gasteiger partial charge in [-0.15, -0.1) is 0 Å². The maximum absolute atomic E-state index is 6.04. The average molecular weight is 304 g/mol. The van der Waals surface area contributed by atoms with E-state index in [4.69, 9.17) is 16.3 Å². The van der Waals surface area contributed by atoms with Crippen LogP contribution in [-0.4, -0.2) is 6.04 Å². The van der Waals surface area contributed by atoms with Crippen molar-refractivity contribution < 1.29 is 4.74 Å². The maximum Gasteiger partial charge on any atom is 0.133 e. The van der Waals surface area contributed by atoms with Gasteiger partial charge in [0.05, 0.1) is 0 Å². The number of hydrogen-bond acceptors (Lipinski definition) is 2. The lowest BCUT2D eigenvalue weighted by Crippen LogP contribution is -2.21. The summed E-state index contributed by atoms with van der Waals surface area (Å²) in [6.07, 6.45) is 0. The van der Waals surface area contributed by atoms with E-state index in [0.717, 1.165) is 34.2 Å². The summed E-state index contributed by atoms with van der Waals surface area (Å²) in [6, 6.07) is 12.5. The molecule has 2 aromatic carbocycles. The van der Waals surface area contributed by atoms with Gasteiger partial charge < -0.3 is 10.1 Å². The zero-order valence-corrected chi connectivity index (χ0v) is 13.8. The summed E-state index contributed by atoms with van der Waals surface area (Å²) in [7, 11) is 0.